The molecule has 0 bridgehead atoms. The van der Waals surface area contributed by atoms with E-state index in [-0.39, 0.29) is 6.04 Å². The summed E-state index contributed by atoms with van der Waals surface area (Å²) in [6.07, 6.45) is 4.26. The minimum Gasteiger partial charge on any atom is -0.491 e. The zero-order valence-electron chi connectivity index (χ0n) is 12.3. The van der Waals surface area contributed by atoms with E-state index in [0.29, 0.717) is 17.5 Å². The highest BCUT2D eigenvalue weighted by molar-refractivity contribution is 6.32. The maximum Gasteiger partial charge on any atom is 0.141 e. The Hall–Kier alpha value is -0.770. The fourth-order valence-corrected chi connectivity index (χ4v) is 2.50. The SMILES string of the molecule is CCC(N)Cc1cc(COC)cc(Cl)c1OCC1CC1. The smallest absolute Gasteiger partial charge is 0.141 e. The van der Waals surface area contributed by atoms with Crippen LogP contribution in [-0.4, -0.2) is 19.8 Å². The van der Waals surface area contributed by atoms with E-state index in [9.17, 15) is 0 Å². The molecule has 1 aromatic carbocycles. The van der Waals surface area contributed by atoms with Crippen molar-refractivity contribution in [3.05, 3.63) is 28.3 Å². The van der Waals surface area contributed by atoms with Gasteiger partial charge in [-0.15, -0.1) is 0 Å². The third kappa shape index (κ3) is 4.37. The summed E-state index contributed by atoms with van der Waals surface area (Å²) in [5.74, 6) is 1.51. The second-order valence-corrected chi connectivity index (χ2v) is 6.03. The van der Waals surface area contributed by atoms with E-state index in [1.807, 2.05) is 6.07 Å². The highest BCUT2D eigenvalue weighted by Gasteiger charge is 2.23. The third-order valence-electron chi connectivity index (χ3n) is 3.66. The largest absolute Gasteiger partial charge is 0.491 e. The summed E-state index contributed by atoms with van der Waals surface area (Å²) >= 11 is 6.38. The standard InChI is InChI=1S/C16H24ClNO2/c1-3-14(18)8-13-6-12(9-19-2)7-15(17)16(13)20-10-11-4-5-11/h6-7,11,14H,3-5,8-10,18H2,1-2H3. The zero-order chi connectivity index (χ0) is 14.5. The number of halogens is 1. The van der Waals surface area contributed by atoms with Gasteiger partial charge in [0.2, 0.25) is 0 Å². The van der Waals surface area contributed by atoms with E-state index in [2.05, 4.69) is 13.0 Å². The molecule has 1 saturated carbocycles. The van der Waals surface area contributed by atoms with Crippen molar-refractivity contribution >= 4 is 11.6 Å². The predicted octanol–water partition coefficient (Wildman–Crippen LogP) is 3.56. The first-order valence-electron chi connectivity index (χ1n) is 7.32. The zero-order valence-corrected chi connectivity index (χ0v) is 13.1. The van der Waals surface area contributed by atoms with Crippen LogP contribution in [0.5, 0.6) is 5.75 Å². The van der Waals surface area contributed by atoms with Crippen LogP contribution in [0.2, 0.25) is 5.02 Å². The van der Waals surface area contributed by atoms with Crippen LogP contribution in [-0.2, 0) is 17.8 Å². The Labute approximate surface area is 126 Å². The monoisotopic (exact) mass is 297 g/mol. The average molecular weight is 298 g/mol. The van der Waals surface area contributed by atoms with Crippen LogP contribution in [0.4, 0.5) is 0 Å². The average Bonchev–Trinajstić information content (AvgIpc) is 3.22. The second-order valence-electron chi connectivity index (χ2n) is 5.63. The molecular formula is C16H24ClNO2. The van der Waals surface area contributed by atoms with Crippen molar-refractivity contribution in [2.75, 3.05) is 13.7 Å². The van der Waals surface area contributed by atoms with Crippen molar-refractivity contribution in [2.45, 2.75) is 45.3 Å². The predicted molar refractivity (Wildman–Crippen MR) is 82.4 cm³/mol. The van der Waals surface area contributed by atoms with Gasteiger partial charge in [0, 0.05) is 13.2 Å². The van der Waals surface area contributed by atoms with E-state index in [0.717, 1.165) is 36.3 Å². The molecular weight excluding hydrogens is 274 g/mol. The molecule has 1 aromatic rings. The lowest BCUT2D eigenvalue weighted by Gasteiger charge is -2.17. The Morgan fingerprint density at radius 1 is 1.40 bits per heavy atom. The Morgan fingerprint density at radius 2 is 2.15 bits per heavy atom. The molecule has 20 heavy (non-hydrogen) atoms. The van der Waals surface area contributed by atoms with E-state index < -0.39 is 0 Å². The minimum atomic E-state index is 0.132. The number of ether oxygens (including phenoxy) is 2. The van der Waals surface area contributed by atoms with Crippen LogP contribution >= 0.6 is 11.6 Å². The van der Waals surface area contributed by atoms with E-state index in [1.54, 1.807) is 7.11 Å². The fraction of sp³-hybridized carbons (Fsp3) is 0.625. The Morgan fingerprint density at radius 3 is 2.75 bits per heavy atom. The number of benzene rings is 1. The lowest BCUT2D eigenvalue weighted by Crippen LogP contribution is -2.22. The fourth-order valence-electron chi connectivity index (χ4n) is 2.19. The van der Waals surface area contributed by atoms with Crippen molar-refractivity contribution in [2.24, 2.45) is 11.7 Å². The van der Waals surface area contributed by atoms with Crippen molar-refractivity contribution in [1.82, 2.24) is 0 Å². The number of nitrogens with two attached hydrogens (primary N) is 1. The minimum absolute atomic E-state index is 0.132. The summed E-state index contributed by atoms with van der Waals surface area (Å²) in [5, 5.41) is 0.665. The van der Waals surface area contributed by atoms with Gasteiger partial charge in [-0.05, 0) is 54.9 Å². The molecule has 3 nitrogen and oxygen atoms in total. The Bertz CT molecular complexity index is 446. The number of rotatable bonds is 8. The van der Waals surface area contributed by atoms with Crippen molar-refractivity contribution in [3.8, 4) is 5.75 Å². The summed E-state index contributed by atoms with van der Waals surface area (Å²) in [4.78, 5) is 0. The third-order valence-corrected chi connectivity index (χ3v) is 3.94. The Balaban J connectivity index is 2.19. The van der Waals surface area contributed by atoms with E-state index >= 15 is 0 Å². The van der Waals surface area contributed by atoms with Crippen LogP contribution in [0.15, 0.2) is 12.1 Å². The molecule has 0 aromatic heterocycles. The lowest BCUT2D eigenvalue weighted by molar-refractivity contribution is 0.184. The number of hydrogen-bond donors (Lipinski definition) is 1. The normalized spacial score (nSPS) is 16.2. The first kappa shape index (κ1) is 15.6. The summed E-state index contributed by atoms with van der Waals surface area (Å²) in [6, 6.07) is 4.16. The molecule has 2 N–H and O–H groups in total. The quantitative estimate of drug-likeness (QED) is 0.798. The summed E-state index contributed by atoms with van der Waals surface area (Å²) in [6.45, 7) is 3.41. The molecule has 1 atom stereocenters. The highest BCUT2D eigenvalue weighted by Crippen LogP contribution is 2.35. The van der Waals surface area contributed by atoms with Gasteiger partial charge in [-0.25, -0.2) is 0 Å². The van der Waals surface area contributed by atoms with Crippen molar-refractivity contribution in [1.29, 1.82) is 0 Å². The first-order valence-corrected chi connectivity index (χ1v) is 7.70. The van der Waals surface area contributed by atoms with Gasteiger partial charge < -0.3 is 15.2 Å². The molecule has 2 rings (SSSR count). The van der Waals surface area contributed by atoms with Gasteiger partial charge >= 0.3 is 0 Å². The molecule has 0 aliphatic heterocycles. The van der Waals surface area contributed by atoms with Crippen LogP contribution in [0.1, 0.15) is 37.3 Å². The highest BCUT2D eigenvalue weighted by atomic mass is 35.5. The topological polar surface area (TPSA) is 44.5 Å². The summed E-state index contributed by atoms with van der Waals surface area (Å²) < 4.78 is 11.1. The Kier molecular flexibility index (Phi) is 5.70. The van der Waals surface area contributed by atoms with Gasteiger partial charge in [-0.1, -0.05) is 18.5 Å². The lowest BCUT2D eigenvalue weighted by atomic mass is 10.0. The molecule has 0 amide bonds. The van der Waals surface area contributed by atoms with Gasteiger partial charge in [-0.2, -0.15) is 0 Å². The molecule has 1 aliphatic rings. The maximum atomic E-state index is 6.38. The molecule has 0 radical (unpaired) electrons. The molecule has 1 fully saturated rings. The summed E-state index contributed by atoms with van der Waals surface area (Å²) in [7, 11) is 1.68. The number of methoxy groups -OCH3 is 1. The second kappa shape index (κ2) is 7.30. The van der Waals surface area contributed by atoms with Crippen LogP contribution < -0.4 is 10.5 Å². The molecule has 1 aliphatic carbocycles. The molecule has 0 heterocycles. The van der Waals surface area contributed by atoms with E-state index in [1.165, 1.54) is 12.8 Å². The van der Waals surface area contributed by atoms with Gasteiger partial charge in [0.1, 0.15) is 5.75 Å². The van der Waals surface area contributed by atoms with Gasteiger partial charge in [0.05, 0.1) is 18.2 Å². The van der Waals surface area contributed by atoms with Crippen LogP contribution in [0.25, 0.3) is 0 Å². The van der Waals surface area contributed by atoms with Crippen molar-refractivity contribution in [3.63, 3.8) is 0 Å². The maximum absolute atomic E-state index is 6.38. The molecule has 0 saturated heterocycles. The molecule has 1 unspecified atom stereocenters. The van der Waals surface area contributed by atoms with E-state index in [4.69, 9.17) is 26.8 Å². The molecule has 0 spiro atoms. The van der Waals surface area contributed by atoms with Crippen LogP contribution in [0.3, 0.4) is 0 Å². The van der Waals surface area contributed by atoms with Gasteiger partial charge in [-0.3, -0.25) is 0 Å². The summed E-state index contributed by atoms with van der Waals surface area (Å²) in [5.41, 5.74) is 8.25. The molecule has 112 valence electrons. The van der Waals surface area contributed by atoms with Gasteiger partial charge in [0.25, 0.3) is 0 Å². The van der Waals surface area contributed by atoms with Gasteiger partial charge in [0.15, 0.2) is 0 Å². The van der Waals surface area contributed by atoms with Crippen molar-refractivity contribution < 1.29 is 9.47 Å². The van der Waals surface area contributed by atoms with Crippen LogP contribution in [0, 0.1) is 5.92 Å². The number of hydrogen-bond acceptors (Lipinski definition) is 3. The first-order chi connectivity index (χ1) is 9.63. The molecule has 4 heteroatoms.